The van der Waals surface area contributed by atoms with E-state index in [1.807, 2.05) is 6.92 Å². The van der Waals surface area contributed by atoms with Crippen LogP contribution in [0.5, 0.6) is 0 Å². The highest BCUT2D eigenvalue weighted by Gasteiger charge is 2.19. The topological polar surface area (TPSA) is 89.8 Å². The molecule has 1 aromatic carbocycles. The summed E-state index contributed by atoms with van der Waals surface area (Å²) in [6.07, 6.45) is 0.745. The van der Waals surface area contributed by atoms with Gasteiger partial charge in [-0.1, -0.05) is 6.92 Å². The van der Waals surface area contributed by atoms with E-state index in [-0.39, 0.29) is 22.3 Å². The number of sulfonamides is 1. The molecule has 0 bridgehead atoms. The summed E-state index contributed by atoms with van der Waals surface area (Å²) in [6.45, 7) is 1.74. The average molecular weight is 385 g/mol. The fraction of sp³-hybridized carbons (Fsp3) is 0.214. The molecule has 0 amide bonds. The van der Waals surface area contributed by atoms with Gasteiger partial charge in [0.25, 0.3) is 0 Å². The lowest BCUT2D eigenvalue weighted by atomic mass is 10.3. The SMILES string of the molecule is CCc1ccc(S(=O)(=O)NCc2nnnn2-c2ccc(F)c(F)c2)s1. The molecule has 0 radical (unpaired) electrons. The summed E-state index contributed by atoms with van der Waals surface area (Å²) in [7, 11) is -3.71. The Morgan fingerprint density at radius 2 is 2.00 bits per heavy atom. The number of benzene rings is 1. The van der Waals surface area contributed by atoms with Crippen LogP contribution in [-0.4, -0.2) is 28.6 Å². The Balaban J connectivity index is 1.80. The van der Waals surface area contributed by atoms with Crippen LogP contribution in [0.3, 0.4) is 0 Å². The monoisotopic (exact) mass is 385 g/mol. The van der Waals surface area contributed by atoms with Crippen LogP contribution in [0.25, 0.3) is 5.69 Å². The molecule has 0 aliphatic carbocycles. The first-order valence-corrected chi connectivity index (χ1v) is 9.51. The summed E-state index contributed by atoms with van der Waals surface area (Å²) in [5, 5.41) is 10.9. The van der Waals surface area contributed by atoms with Crippen molar-refractivity contribution in [3.05, 3.63) is 52.7 Å². The van der Waals surface area contributed by atoms with Crippen molar-refractivity contribution in [1.29, 1.82) is 0 Å². The van der Waals surface area contributed by atoms with Gasteiger partial charge in [0.1, 0.15) is 4.21 Å². The van der Waals surface area contributed by atoms with Crippen LogP contribution in [0.15, 0.2) is 34.5 Å². The third-order valence-corrected chi connectivity index (χ3v) is 6.48. The lowest BCUT2D eigenvalue weighted by Crippen LogP contribution is -2.24. The first kappa shape index (κ1) is 17.6. The molecular formula is C14H13F2N5O2S2. The molecule has 0 atom stereocenters. The molecule has 0 fully saturated rings. The fourth-order valence-electron chi connectivity index (χ4n) is 2.06. The van der Waals surface area contributed by atoms with E-state index in [9.17, 15) is 17.2 Å². The highest BCUT2D eigenvalue weighted by molar-refractivity contribution is 7.91. The summed E-state index contributed by atoms with van der Waals surface area (Å²) in [4.78, 5) is 0.951. The van der Waals surface area contributed by atoms with E-state index in [2.05, 4.69) is 20.2 Å². The van der Waals surface area contributed by atoms with Crippen molar-refractivity contribution in [3.8, 4) is 5.69 Å². The van der Waals surface area contributed by atoms with Gasteiger partial charge in [-0.3, -0.25) is 0 Å². The van der Waals surface area contributed by atoms with Crippen LogP contribution >= 0.6 is 11.3 Å². The van der Waals surface area contributed by atoms with E-state index in [0.29, 0.717) is 0 Å². The average Bonchev–Trinajstić information content (AvgIpc) is 3.24. The molecule has 3 rings (SSSR count). The Morgan fingerprint density at radius 3 is 2.68 bits per heavy atom. The number of nitrogens with zero attached hydrogens (tertiary/aromatic N) is 4. The minimum absolute atomic E-state index is 0.141. The second-order valence-corrected chi connectivity index (χ2v) is 8.17. The van der Waals surface area contributed by atoms with Gasteiger partial charge in [-0.15, -0.1) is 16.4 Å². The van der Waals surface area contributed by atoms with Crippen molar-refractivity contribution in [2.75, 3.05) is 0 Å². The van der Waals surface area contributed by atoms with Crippen molar-refractivity contribution in [2.24, 2.45) is 0 Å². The molecule has 0 spiro atoms. The van der Waals surface area contributed by atoms with Crippen molar-refractivity contribution in [2.45, 2.75) is 24.1 Å². The first-order chi connectivity index (χ1) is 11.9. The van der Waals surface area contributed by atoms with E-state index in [1.165, 1.54) is 23.5 Å². The van der Waals surface area contributed by atoms with Crippen LogP contribution in [-0.2, 0) is 23.0 Å². The summed E-state index contributed by atoms with van der Waals surface area (Å²) in [6, 6.07) is 6.45. The smallest absolute Gasteiger partial charge is 0.206 e. The van der Waals surface area contributed by atoms with Crippen LogP contribution < -0.4 is 4.72 Å². The maximum Gasteiger partial charge on any atom is 0.250 e. The normalized spacial score (nSPS) is 11.8. The van der Waals surface area contributed by atoms with E-state index in [4.69, 9.17) is 0 Å². The zero-order valence-corrected chi connectivity index (χ0v) is 14.6. The number of hydrogen-bond acceptors (Lipinski definition) is 6. The van der Waals surface area contributed by atoms with Crippen LogP contribution in [0.1, 0.15) is 17.6 Å². The standard InChI is InChI=1S/C14H13F2N5O2S2/c1-2-10-4-6-14(24-10)25(22,23)17-8-13-18-19-20-21(13)9-3-5-11(15)12(16)7-9/h3-7,17H,2,8H2,1H3. The Kier molecular flexibility index (Phi) is 4.88. The molecule has 25 heavy (non-hydrogen) atoms. The van der Waals surface area contributed by atoms with E-state index >= 15 is 0 Å². The predicted octanol–water partition coefficient (Wildman–Crippen LogP) is 2.04. The molecular weight excluding hydrogens is 372 g/mol. The molecule has 2 aromatic heterocycles. The number of aryl methyl sites for hydroxylation is 1. The van der Waals surface area contributed by atoms with Crippen molar-refractivity contribution >= 4 is 21.4 Å². The molecule has 7 nitrogen and oxygen atoms in total. The molecule has 1 N–H and O–H groups in total. The number of thiophene rings is 1. The number of rotatable bonds is 6. The number of tetrazole rings is 1. The van der Waals surface area contributed by atoms with Crippen molar-refractivity contribution < 1.29 is 17.2 Å². The van der Waals surface area contributed by atoms with Gasteiger partial charge in [-0.05, 0) is 41.1 Å². The predicted molar refractivity (Wildman–Crippen MR) is 86.8 cm³/mol. The van der Waals surface area contributed by atoms with Crippen molar-refractivity contribution in [1.82, 2.24) is 24.9 Å². The number of aromatic nitrogens is 4. The molecule has 0 saturated carbocycles. The Labute approximate surface area is 146 Å². The van der Waals surface area contributed by atoms with Gasteiger partial charge in [0, 0.05) is 10.9 Å². The van der Waals surface area contributed by atoms with Gasteiger partial charge in [0.05, 0.1) is 12.2 Å². The highest BCUT2D eigenvalue weighted by Crippen LogP contribution is 2.22. The lowest BCUT2D eigenvalue weighted by molar-refractivity contribution is 0.507. The Morgan fingerprint density at radius 1 is 1.20 bits per heavy atom. The Bertz CT molecular complexity index is 1000. The molecule has 0 unspecified atom stereocenters. The molecule has 2 heterocycles. The third kappa shape index (κ3) is 3.72. The van der Waals surface area contributed by atoms with E-state index < -0.39 is 21.7 Å². The van der Waals surface area contributed by atoms with Gasteiger partial charge >= 0.3 is 0 Å². The van der Waals surface area contributed by atoms with E-state index in [0.717, 1.165) is 28.1 Å². The molecule has 11 heteroatoms. The van der Waals surface area contributed by atoms with Gasteiger partial charge < -0.3 is 0 Å². The van der Waals surface area contributed by atoms with Crippen molar-refractivity contribution in [3.63, 3.8) is 0 Å². The van der Waals surface area contributed by atoms with Crippen LogP contribution in [0.4, 0.5) is 8.78 Å². The molecule has 3 aromatic rings. The largest absolute Gasteiger partial charge is 0.250 e. The molecule has 0 saturated heterocycles. The highest BCUT2D eigenvalue weighted by atomic mass is 32.2. The number of nitrogens with one attached hydrogen (secondary N) is 1. The third-order valence-electron chi connectivity index (χ3n) is 3.35. The summed E-state index contributed by atoms with van der Waals surface area (Å²) in [5.41, 5.74) is 0.183. The van der Waals surface area contributed by atoms with Gasteiger partial charge in [0.2, 0.25) is 10.0 Å². The van der Waals surface area contributed by atoms with E-state index in [1.54, 1.807) is 6.07 Å². The number of halogens is 2. The Hall–Kier alpha value is -2.24. The summed E-state index contributed by atoms with van der Waals surface area (Å²) >= 11 is 1.18. The molecule has 132 valence electrons. The zero-order valence-electron chi connectivity index (χ0n) is 13.0. The first-order valence-electron chi connectivity index (χ1n) is 7.22. The lowest BCUT2D eigenvalue weighted by Gasteiger charge is -2.06. The minimum Gasteiger partial charge on any atom is -0.206 e. The summed E-state index contributed by atoms with van der Waals surface area (Å²) < 4.78 is 54.8. The maximum atomic E-state index is 13.4. The fourth-order valence-corrected chi connectivity index (χ4v) is 4.38. The molecule has 0 aliphatic rings. The quantitative estimate of drug-likeness (QED) is 0.701. The van der Waals surface area contributed by atoms with Gasteiger partial charge in [-0.25, -0.2) is 21.9 Å². The second-order valence-electron chi connectivity index (χ2n) is 5.00. The molecule has 0 aliphatic heterocycles. The second kappa shape index (κ2) is 6.94. The maximum absolute atomic E-state index is 13.4. The van der Waals surface area contributed by atoms with Crippen LogP contribution in [0, 0.1) is 11.6 Å². The van der Waals surface area contributed by atoms with Gasteiger partial charge in [0.15, 0.2) is 17.5 Å². The van der Waals surface area contributed by atoms with Crippen LogP contribution in [0.2, 0.25) is 0 Å². The minimum atomic E-state index is -3.71. The zero-order chi connectivity index (χ0) is 18.0. The van der Waals surface area contributed by atoms with Gasteiger partial charge in [-0.2, -0.15) is 4.68 Å². The number of hydrogen-bond donors (Lipinski definition) is 1. The summed E-state index contributed by atoms with van der Waals surface area (Å²) in [5.74, 6) is -1.91.